The van der Waals surface area contributed by atoms with Gasteiger partial charge in [0.05, 0.1) is 5.02 Å². The largest absolute Gasteiger partial charge is 0.480 e. The van der Waals surface area contributed by atoms with Gasteiger partial charge in [-0.3, -0.25) is 10.1 Å². The van der Waals surface area contributed by atoms with Crippen LogP contribution in [0.15, 0.2) is 34.7 Å². The molecule has 1 aliphatic heterocycles. The van der Waals surface area contributed by atoms with E-state index in [0.29, 0.717) is 32.9 Å². The summed E-state index contributed by atoms with van der Waals surface area (Å²) in [5.74, 6) is 0.941. The van der Waals surface area contributed by atoms with Gasteiger partial charge in [0.1, 0.15) is 22.9 Å². The third-order valence-electron chi connectivity index (χ3n) is 3.16. The molecular formula is C14H11Cl2NO3S. The summed E-state index contributed by atoms with van der Waals surface area (Å²) in [6, 6.07) is 8.24. The van der Waals surface area contributed by atoms with Gasteiger partial charge in [-0.15, -0.1) is 11.8 Å². The van der Waals surface area contributed by atoms with E-state index >= 15 is 0 Å². The number of halogens is 2. The SMILES string of the molecule is O=C(O)C1CSC(c2ccc(-c3cc(Cl)ccc3Cl)o2)N1. The van der Waals surface area contributed by atoms with E-state index in [1.165, 1.54) is 11.8 Å². The highest BCUT2D eigenvalue weighted by Crippen LogP contribution is 2.37. The van der Waals surface area contributed by atoms with Gasteiger partial charge in [-0.2, -0.15) is 0 Å². The van der Waals surface area contributed by atoms with Crippen LogP contribution in [0, 0.1) is 0 Å². The van der Waals surface area contributed by atoms with Crippen molar-refractivity contribution in [2.45, 2.75) is 11.4 Å². The lowest BCUT2D eigenvalue weighted by molar-refractivity contribution is -0.138. The van der Waals surface area contributed by atoms with Crippen molar-refractivity contribution >= 4 is 40.9 Å². The molecule has 1 fully saturated rings. The standard InChI is InChI=1S/C14H11Cl2NO3S/c15-7-1-2-9(16)8(5-7)11-3-4-12(20-11)13-17-10(6-21-13)14(18)19/h1-5,10,13,17H,6H2,(H,18,19). The maximum atomic E-state index is 10.9. The Bertz CT molecular complexity index is 689. The van der Waals surface area contributed by atoms with Crippen LogP contribution in [0.5, 0.6) is 0 Å². The van der Waals surface area contributed by atoms with Crippen LogP contribution in [0.3, 0.4) is 0 Å². The van der Waals surface area contributed by atoms with E-state index in [1.54, 1.807) is 18.2 Å². The normalized spacial score (nSPS) is 21.6. The molecule has 0 spiro atoms. The molecule has 2 atom stereocenters. The van der Waals surface area contributed by atoms with E-state index in [1.807, 2.05) is 12.1 Å². The Hall–Kier alpha value is -1.14. The number of nitrogens with one attached hydrogen (secondary N) is 1. The van der Waals surface area contributed by atoms with Crippen LogP contribution in [0.25, 0.3) is 11.3 Å². The fourth-order valence-electron chi connectivity index (χ4n) is 2.10. The first-order valence-corrected chi connectivity index (χ1v) is 8.00. The average molecular weight is 344 g/mol. The fourth-order valence-corrected chi connectivity index (χ4v) is 3.66. The quantitative estimate of drug-likeness (QED) is 0.880. The summed E-state index contributed by atoms with van der Waals surface area (Å²) in [5.41, 5.74) is 0.716. The Morgan fingerprint density at radius 2 is 2.14 bits per heavy atom. The highest BCUT2D eigenvalue weighted by Gasteiger charge is 2.32. The van der Waals surface area contributed by atoms with E-state index in [2.05, 4.69) is 5.32 Å². The zero-order valence-corrected chi connectivity index (χ0v) is 13.0. The Morgan fingerprint density at radius 3 is 2.86 bits per heavy atom. The number of carboxylic acid groups (broad SMARTS) is 1. The second-order valence-electron chi connectivity index (χ2n) is 4.60. The summed E-state index contributed by atoms with van der Waals surface area (Å²) in [4.78, 5) is 10.9. The third kappa shape index (κ3) is 3.06. The van der Waals surface area contributed by atoms with E-state index in [9.17, 15) is 4.79 Å². The van der Waals surface area contributed by atoms with Crippen molar-refractivity contribution in [1.29, 1.82) is 0 Å². The van der Waals surface area contributed by atoms with E-state index < -0.39 is 12.0 Å². The number of rotatable bonds is 3. The number of thioether (sulfide) groups is 1. The van der Waals surface area contributed by atoms with Crippen molar-refractivity contribution in [2.24, 2.45) is 0 Å². The molecule has 7 heteroatoms. The van der Waals surface area contributed by atoms with Crippen molar-refractivity contribution in [3.05, 3.63) is 46.1 Å². The van der Waals surface area contributed by atoms with E-state index in [0.717, 1.165) is 0 Å². The minimum Gasteiger partial charge on any atom is -0.480 e. The predicted molar refractivity (Wildman–Crippen MR) is 83.9 cm³/mol. The Balaban J connectivity index is 1.84. The van der Waals surface area contributed by atoms with Gasteiger partial charge in [-0.1, -0.05) is 23.2 Å². The van der Waals surface area contributed by atoms with Crippen molar-refractivity contribution in [3.63, 3.8) is 0 Å². The average Bonchev–Trinajstić information content (AvgIpc) is 3.09. The maximum absolute atomic E-state index is 10.9. The fraction of sp³-hybridized carbons (Fsp3) is 0.214. The zero-order chi connectivity index (χ0) is 15.0. The van der Waals surface area contributed by atoms with Crippen molar-refractivity contribution in [1.82, 2.24) is 5.32 Å². The highest BCUT2D eigenvalue weighted by atomic mass is 35.5. The van der Waals surface area contributed by atoms with Gasteiger partial charge in [0.25, 0.3) is 0 Å². The lowest BCUT2D eigenvalue weighted by Gasteiger charge is -2.08. The van der Waals surface area contributed by atoms with Crippen LogP contribution < -0.4 is 5.32 Å². The molecule has 3 rings (SSSR count). The van der Waals surface area contributed by atoms with Crippen LogP contribution >= 0.6 is 35.0 Å². The smallest absolute Gasteiger partial charge is 0.321 e. The molecule has 1 saturated heterocycles. The van der Waals surface area contributed by atoms with Gasteiger partial charge < -0.3 is 9.52 Å². The van der Waals surface area contributed by atoms with Crippen LogP contribution in [-0.4, -0.2) is 22.9 Å². The molecule has 1 aromatic carbocycles. The van der Waals surface area contributed by atoms with Crippen molar-refractivity contribution in [2.75, 3.05) is 5.75 Å². The monoisotopic (exact) mass is 343 g/mol. The summed E-state index contributed by atoms with van der Waals surface area (Å²) in [6.07, 6.45) is 0. The van der Waals surface area contributed by atoms with Crippen LogP contribution in [0.1, 0.15) is 11.1 Å². The Kier molecular flexibility index (Phi) is 4.17. The number of carbonyl (C=O) groups is 1. The highest BCUT2D eigenvalue weighted by molar-refractivity contribution is 7.99. The molecule has 21 heavy (non-hydrogen) atoms. The minimum absolute atomic E-state index is 0.169. The summed E-state index contributed by atoms with van der Waals surface area (Å²) >= 11 is 13.6. The van der Waals surface area contributed by atoms with Crippen molar-refractivity contribution in [3.8, 4) is 11.3 Å². The van der Waals surface area contributed by atoms with E-state index in [4.69, 9.17) is 32.7 Å². The Labute approximate surface area is 135 Å². The van der Waals surface area contributed by atoms with Crippen LogP contribution in [0.2, 0.25) is 10.0 Å². The summed E-state index contributed by atoms with van der Waals surface area (Å²) < 4.78 is 5.80. The number of hydrogen-bond acceptors (Lipinski definition) is 4. The topological polar surface area (TPSA) is 62.5 Å². The molecule has 1 aromatic heterocycles. The number of carboxylic acids is 1. The van der Waals surface area contributed by atoms with Gasteiger partial charge >= 0.3 is 5.97 Å². The van der Waals surface area contributed by atoms with Gasteiger partial charge in [0.15, 0.2) is 0 Å². The molecule has 0 bridgehead atoms. The lowest BCUT2D eigenvalue weighted by Crippen LogP contribution is -2.33. The first-order chi connectivity index (χ1) is 10.0. The number of furan rings is 1. The first-order valence-electron chi connectivity index (χ1n) is 6.20. The minimum atomic E-state index is -0.852. The summed E-state index contributed by atoms with van der Waals surface area (Å²) in [5, 5.41) is 13.0. The molecule has 2 heterocycles. The molecule has 0 amide bonds. The molecule has 0 aliphatic carbocycles. The molecule has 0 radical (unpaired) electrons. The summed E-state index contributed by atoms with van der Waals surface area (Å²) in [6.45, 7) is 0. The molecular weight excluding hydrogens is 333 g/mol. The zero-order valence-electron chi connectivity index (χ0n) is 10.7. The molecule has 110 valence electrons. The molecule has 2 unspecified atom stereocenters. The number of hydrogen-bond donors (Lipinski definition) is 2. The van der Waals surface area contributed by atoms with Gasteiger partial charge in [0, 0.05) is 16.3 Å². The van der Waals surface area contributed by atoms with E-state index in [-0.39, 0.29) is 5.37 Å². The number of aliphatic carboxylic acids is 1. The molecule has 1 aliphatic rings. The van der Waals surface area contributed by atoms with Crippen molar-refractivity contribution < 1.29 is 14.3 Å². The maximum Gasteiger partial charge on any atom is 0.321 e. The molecule has 2 aromatic rings. The van der Waals surface area contributed by atoms with Gasteiger partial charge in [-0.05, 0) is 30.3 Å². The first kappa shape index (κ1) is 14.8. The second kappa shape index (κ2) is 5.93. The summed E-state index contributed by atoms with van der Waals surface area (Å²) in [7, 11) is 0. The second-order valence-corrected chi connectivity index (χ2v) is 6.58. The lowest BCUT2D eigenvalue weighted by atomic mass is 10.2. The van der Waals surface area contributed by atoms with Gasteiger partial charge in [0.2, 0.25) is 0 Å². The Morgan fingerprint density at radius 1 is 1.33 bits per heavy atom. The number of benzene rings is 1. The molecule has 0 saturated carbocycles. The van der Waals surface area contributed by atoms with Crippen LogP contribution in [-0.2, 0) is 4.79 Å². The molecule has 4 nitrogen and oxygen atoms in total. The predicted octanol–water partition coefficient (Wildman–Crippen LogP) is 4.04. The van der Waals surface area contributed by atoms with Crippen LogP contribution in [0.4, 0.5) is 0 Å². The molecule has 2 N–H and O–H groups in total. The third-order valence-corrected chi connectivity index (χ3v) is 4.95. The van der Waals surface area contributed by atoms with Gasteiger partial charge in [-0.25, -0.2) is 0 Å².